The van der Waals surface area contributed by atoms with E-state index < -0.39 is 0 Å². The van der Waals surface area contributed by atoms with Gasteiger partial charge < -0.3 is 5.32 Å². The van der Waals surface area contributed by atoms with Crippen molar-refractivity contribution in [3.8, 4) is 0 Å². The minimum Gasteiger partial charge on any atom is -0.300 e. The summed E-state index contributed by atoms with van der Waals surface area (Å²) in [7, 11) is 0. The van der Waals surface area contributed by atoms with E-state index >= 15 is 0 Å². The van der Waals surface area contributed by atoms with Gasteiger partial charge in [-0.05, 0) is 37.8 Å². The number of nitrogens with zero attached hydrogens (tertiary/aromatic N) is 4. The van der Waals surface area contributed by atoms with E-state index in [-0.39, 0.29) is 0 Å². The van der Waals surface area contributed by atoms with Gasteiger partial charge >= 0.3 is 0 Å². The fraction of sp³-hybridized carbons (Fsp3) is 0.375. The molecule has 110 valence electrons. The number of aliphatic imine (C=N–C) groups is 1. The lowest BCUT2D eigenvalue weighted by molar-refractivity contribution is 0.678. The Morgan fingerprint density at radius 2 is 2.18 bits per heavy atom. The van der Waals surface area contributed by atoms with E-state index in [9.17, 15) is 0 Å². The number of rotatable bonds is 2. The molecule has 0 atom stereocenters. The van der Waals surface area contributed by atoms with Crippen LogP contribution in [-0.2, 0) is 5.41 Å². The summed E-state index contributed by atoms with van der Waals surface area (Å²) in [5.41, 5.74) is 5.16. The molecule has 1 fully saturated rings. The van der Waals surface area contributed by atoms with E-state index in [0.717, 1.165) is 29.5 Å². The molecule has 0 unspecified atom stereocenters. The fourth-order valence-electron chi connectivity index (χ4n) is 3.37. The largest absolute Gasteiger partial charge is 0.300 e. The predicted octanol–water partition coefficient (Wildman–Crippen LogP) is 3.26. The summed E-state index contributed by atoms with van der Waals surface area (Å²) in [5.74, 6) is 0.616. The van der Waals surface area contributed by atoms with Gasteiger partial charge in [-0.1, -0.05) is 0 Å². The topological polar surface area (TPSA) is 63.1 Å². The molecule has 5 rings (SSSR count). The summed E-state index contributed by atoms with van der Waals surface area (Å²) >= 11 is 1.76. The lowest BCUT2D eigenvalue weighted by Gasteiger charge is -2.21. The summed E-state index contributed by atoms with van der Waals surface area (Å²) in [5, 5.41) is 4.15. The number of nitrogens with one attached hydrogen (secondary N) is 1. The second kappa shape index (κ2) is 4.23. The maximum absolute atomic E-state index is 4.83. The average molecular weight is 309 g/mol. The highest BCUT2D eigenvalue weighted by Crippen LogP contribution is 2.60. The van der Waals surface area contributed by atoms with Crippen LogP contribution in [0.4, 0.5) is 11.1 Å². The van der Waals surface area contributed by atoms with Crippen molar-refractivity contribution in [1.29, 1.82) is 0 Å². The van der Waals surface area contributed by atoms with Crippen molar-refractivity contribution in [1.82, 2.24) is 15.0 Å². The molecule has 2 aromatic heterocycles. The van der Waals surface area contributed by atoms with E-state index in [4.69, 9.17) is 4.98 Å². The van der Waals surface area contributed by atoms with Crippen LogP contribution >= 0.6 is 11.3 Å². The number of allylic oxidation sites excluding steroid dienone is 1. The Bertz CT molecular complexity index is 844. The van der Waals surface area contributed by atoms with Crippen LogP contribution in [0.2, 0.25) is 0 Å². The molecule has 1 N–H and O–H groups in total. The molecule has 0 radical (unpaired) electrons. The average Bonchev–Trinajstić information content (AvgIpc) is 2.92. The molecule has 0 saturated heterocycles. The van der Waals surface area contributed by atoms with Gasteiger partial charge in [-0.25, -0.2) is 15.0 Å². The van der Waals surface area contributed by atoms with Gasteiger partial charge in [-0.2, -0.15) is 0 Å². The molecule has 3 aliphatic rings. The van der Waals surface area contributed by atoms with Crippen LogP contribution in [0, 0.1) is 6.92 Å². The van der Waals surface area contributed by atoms with Crippen LogP contribution in [0.5, 0.6) is 0 Å². The van der Waals surface area contributed by atoms with E-state index in [0.29, 0.717) is 11.4 Å². The van der Waals surface area contributed by atoms with Gasteiger partial charge in [0.05, 0.1) is 12.2 Å². The first-order valence-electron chi connectivity index (χ1n) is 7.54. The Labute approximate surface area is 132 Å². The lowest BCUT2D eigenvalue weighted by Crippen LogP contribution is -2.14. The molecule has 6 heteroatoms. The Hall–Kier alpha value is -2.08. The molecule has 1 spiro atoms. The number of aromatic nitrogens is 3. The number of hydrogen-bond acceptors (Lipinski definition) is 6. The van der Waals surface area contributed by atoms with E-state index in [1.54, 1.807) is 17.5 Å². The van der Waals surface area contributed by atoms with Gasteiger partial charge in [0.1, 0.15) is 0 Å². The van der Waals surface area contributed by atoms with Gasteiger partial charge in [-0.3, -0.25) is 4.99 Å². The first-order valence-corrected chi connectivity index (χ1v) is 8.35. The van der Waals surface area contributed by atoms with Crippen LogP contribution in [0.3, 0.4) is 0 Å². The van der Waals surface area contributed by atoms with Crippen LogP contribution < -0.4 is 5.32 Å². The molecule has 0 aromatic carbocycles. The maximum Gasteiger partial charge on any atom is 0.229 e. The molecule has 2 aliphatic carbocycles. The molecule has 3 heterocycles. The number of aryl methyl sites for hydroxylation is 1. The minimum atomic E-state index is 0.354. The Balaban J connectivity index is 1.56. The molecule has 22 heavy (non-hydrogen) atoms. The SMILES string of the molecule is Cc1ccnc(Nc2nc3c(s2)C2(CC2)CC2=C3C=NC2)n1. The van der Waals surface area contributed by atoms with Crippen molar-refractivity contribution in [2.24, 2.45) is 4.99 Å². The van der Waals surface area contributed by atoms with Crippen molar-refractivity contribution >= 4 is 34.2 Å². The molecule has 5 nitrogen and oxygen atoms in total. The molecule has 1 saturated carbocycles. The second-order valence-electron chi connectivity index (χ2n) is 6.29. The van der Waals surface area contributed by atoms with Crippen molar-refractivity contribution in [2.75, 3.05) is 11.9 Å². The number of thiazole rings is 1. The highest BCUT2D eigenvalue weighted by atomic mass is 32.1. The minimum absolute atomic E-state index is 0.354. The quantitative estimate of drug-likeness (QED) is 0.925. The van der Waals surface area contributed by atoms with E-state index in [1.165, 1.54) is 28.9 Å². The van der Waals surface area contributed by atoms with Crippen LogP contribution in [0.25, 0.3) is 5.57 Å². The second-order valence-corrected chi connectivity index (χ2v) is 7.29. The molecule has 0 bridgehead atoms. The van der Waals surface area contributed by atoms with E-state index in [2.05, 4.69) is 20.3 Å². The van der Waals surface area contributed by atoms with Crippen LogP contribution in [0.1, 0.15) is 35.5 Å². The smallest absolute Gasteiger partial charge is 0.229 e. The molecular weight excluding hydrogens is 294 g/mol. The summed E-state index contributed by atoms with van der Waals surface area (Å²) < 4.78 is 0. The zero-order valence-electron chi connectivity index (χ0n) is 12.3. The summed E-state index contributed by atoms with van der Waals surface area (Å²) in [4.78, 5) is 19.4. The lowest BCUT2D eigenvalue weighted by atomic mass is 9.85. The third-order valence-electron chi connectivity index (χ3n) is 4.67. The van der Waals surface area contributed by atoms with Gasteiger partial charge in [0, 0.05) is 34.0 Å². The summed E-state index contributed by atoms with van der Waals surface area (Å²) in [6, 6.07) is 1.89. The Morgan fingerprint density at radius 1 is 1.27 bits per heavy atom. The number of fused-ring (bicyclic) bond motifs is 3. The van der Waals surface area contributed by atoms with E-state index in [1.807, 2.05) is 19.2 Å². The van der Waals surface area contributed by atoms with Crippen molar-refractivity contribution < 1.29 is 0 Å². The molecule has 1 aliphatic heterocycles. The predicted molar refractivity (Wildman–Crippen MR) is 88.0 cm³/mol. The highest BCUT2D eigenvalue weighted by molar-refractivity contribution is 7.16. The number of hydrogen-bond donors (Lipinski definition) is 1. The first-order chi connectivity index (χ1) is 10.7. The zero-order chi connectivity index (χ0) is 14.7. The van der Waals surface area contributed by atoms with Crippen molar-refractivity contribution in [2.45, 2.75) is 31.6 Å². The summed E-state index contributed by atoms with van der Waals surface area (Å²) in [6.45, 7) is 2.82. The number of anilines is 2. The maximum atomic E-state index is 4.83. The van der Waals surface area contributed by atoms with Gasteiger partial charge in [0.25, 0.3) is 0 Å². The Kier molecular flexibility index (Phi) is 2.39. The molecular formula is C16H15N5S. The third kappa shape index (κ3) is 1.76. The first kappa shape index (κ1) is 12.5. The fourth-order valence-corrected chi connectivity index (χ4v) is 4.58. The van der Waals surface area contributed by atoms with Gasteiger partial charge in [-0.15, -0.1) is 11.3 Å². The standard InChI is InChI=1S/C16H15N5S/c1-9-2-5-18-14(19-9)21-15-20-12-11-8-17-7-10(11)6-16(3-4-16)13(12)22-15/h2,5,8H,3-4,6-7H2,1H3,(H,18,19,20,21). The van der Waals surface area contributed by atoms with Crippen molar-refractivity contribution in [3.05, 3.63) is 34.1 Å². The summed E-state index contributed by atoms with van der Waals surface area (Å²) in [6.07, 6.45) is 7.48. The van der Waals surface area contributed by atoms with Gasteiger partial charge in [0.15, 0.2) is 5.13 Å². The monoisotopic (exact) mass is 309 g/mol. The van der Waals surface area contributed by atoms with Crippen LogP contribution in [-0.4, -0.2) is 27.7 Å². The normalized spacial score (nSPS) is 20.2. The van der Waals surface area contributed by atoms with Gasteiger partial charge in [0.2, 0.25) is 5.95 Å². The molecule has 0 amide bonds. The molecule has 2 aromatic rings. The van der Waals surface area contributed by atoms with Crippen LogP contribution in [0.15, 0.2) is 22.8 Å². The third-order valence-corrected chi connectivity index (χ3v) is 5.88. The zero-order valence-corrected chi connectivity index (χ0v) is 13.1. The highest BCUT2D eigenvalue weighted by Gasteiger charge is 2.51. The Morgan fingerprint density at radius 3 is 3.00 bits per heavy atom. The van der Waals surface area contributed by atoms with Crippen molar-refractivity contribution in [3.63, 3.8) is 0 Å².